The Bertz CT molecular complexity index is 499. The van der Waals surface area contributed by atoms with E-state index in [-0.39, 0.29) is 12.5 Å². The number of hydrogen-bond acceptors (Lipinski definition) is 3. The van der Waals surface area contributed by atoms with Crippen LogP contribution in [-0.2, 0) is 4.79 Å². The predicted octanol–water partition coefficient (Wildman–Crippen LogP) is 2.93. The Hall–Kier alpha value is -1.55. The highest BCUT2D eigenvalue weighted by Crippen LogP contribution is 2.29. The van der Waals surface area contributed by atoms with E-state index in [1.807, 2.05) is 42.3 Å². The molecule has 0 spiro atoms. The molecule has 2 atom stereocenters. The Morgan fingerprint density at radius 3 is 2.57 bits per heavy atom. The summed E-state index contributed by atoms with van der Waals surface area (Å²) in [6.07, 6.45) is 7.47. The molecule has 2 fully saturated rings. The van der Waals surface area contributed by atoms with Gasteiger partial charge in [-0.15, -0.1) is 0 Å². The predicted molar refractivity (Wildman–Crippen MR) is 91.6 cm³/mol. The molecule has 4 nitrogen and oxygen atoms in total. The molecule has 4 heteroatoms. The zero-order chi connectivity index (χ0) is 16.1. The number of carbonyl (C=O) groups excluding carboxylic acids is 1. The van der Waals surface area contributed by atoms with Crippen molar-refractivity contribution in [3.05, 3.63) is 30.3 Å². The summed E-state index contributed by atoms with van der Waals surface area (Å²) in [5.74, 6) is 0.846. The molecule has 0 N–H and O–H groups in total. The molecule has 1 aromatic carbocycles. The van der Waals surface area contributed by atoms with Crippen LogP contribution >= 0.6 is 0 Å². The first-order chi connectivity index (χ1) is 11.3. The standard InChI is InChI=1S/C19H28N2O2/c1-20(19(22)15-23-16-9-3-2-4-10-16)17-11-5-6-12-18(17)21-13-7-8-14-21/h2-4,9-10,17-18H,5-8,11-15H2,1H3/t17-,18+/m1/s1. The van der Waals surface area contributed by atoms with E-state index in [9.17, 15) is 4.79 Å². The van der Waals surface area contributed by atoms with Crippen LogP contribution in [0.1, 0.15) is 38.5 Å². The molecule has 1 saturated heterocycles. The van der Waals surface area contributed by atoms with Crippen molar-refractivity contribution in [2.75, 3.05) is 26.7 Å². The van der Waals surface area contributed by atoms with Crippen molar-refractivity contribution in [2.45, 2.75) is 50.6 Å². The molecule has 3 rings (SSSR count). The minimum absolute atomic E-state index is 0.0879. The monoisotopic (exact) mass is 316 g/mol. The molecule has 0 unspecified atom stereocenters. The molecule has 1 aromatic rings. The van der Waals surface area contributed by atoms with E-state index in [1.165, 1.54) is 45.2 Å². The second-order valence-electron chi connectivity index (χ2n) is 6.77. The summed E-state index contributed by atoms with van der Waals surface area (Å²) in [6.45, 7) is 2.52. The van der Waals surface area contributed by atoms with Crippen molar-refractivity contribution in [1.82, 2.24) is 9.80 Å². The van der Waals surface area contributed by atoms with Crippen molar-refractivity contribution in [3.63, 3.8) is 0 Å². The van der Waals surface area contributed by atoms with Crippen LogP contribution in [0.5, 0.6) is 5.75 Å². The third-order valence-corrected chi connectivity index (χ3v) is 5.30. The van der Waals surface area contributed by atoms with Crippen LogP contribution in [0.25, 0.3) is 0 Å². The molecule has 23 heavy (non-hydrogen) atoms. The maximum atomic E-state index is 12.6. The zero-order valence-corrected chi connectivity index (χ0v) is 14.1. The van der Waals surface area contributed by atoms with Gasteiger partial charge in [0.15, 0.2) is 6.61 Å². The van der Waals surface area contributed by atoms with Gasteiger partial charge in [-0.25, -0.2) is 0 Å². The van der Waals surface area contributed by atoms with E-state index in [2.05, 4.69) is 4.90 Å². The van der Waals surface area contributed by atoms with Crippen LogP contribution in [0.2, 0.25) is 0 Å². The largest absolute Gasteiger partial charge is 0.484 e. The van der Waals surface area contributed by atoms with E-state index in [1.54, 1.807) is 0 Å². The first kappa shape index (κ1) is 16.3. The second kappa shape index (κ2) is 7.82. The Balaban J connectivity index is 1.58. The molecule has 2 aliphatic rings. The number of rotatable bonds is 5. The summed E-state index contributed by atoms with van der Waals surface area (Å²) in [6, 6.07) is 10.5. The Morgan fingerprint density at radius 2 is 1.83 bits per heavy atom. The number of likely N-dealkylation sites (tertiary alicyclic amines) is 1. The van der Waals surface area contributed by atoms with Crippen molar-refractivity contribution < 1.29 is 9.53 Å². The number of benzene rings is 1. The summed E-state index contributed by atoms with van der Waals surface area (Å²) in [4.78, 5) is 17.1. The number of hydrogen-bond donors (Lipinski definition) is 0. The van der Waals surface area contributed by atoms with Gasteiger partial charge in [0.1, 0.15) is 5.75 Å². The first-order valence-electron chi connectivity index (χ1n) is 8.93. The lowest BCUT2D eigenvalue weighted by Crippen LogP contribution is -2.53. The molecule has 0 aromatic heterocycles. The minimum Gasteiger partial charge on any atom is -0.484 e. The number of likely N-dealkylation sites (N-methyl/N-ethyl adjacent to an activating group) is 1. The highest BCUT2D eigenvalue weighted by molar-refractivity contribution is 5.78. The van der Waals surface area contributed by atoms with Crippen LogP contribution in [0, 0.1) is 0 Å². The van der Waals surface area contributed by atoms with Gasteiger partial charge in [-0.1, -0.05) is 31.0 Å². The Morgan fingerprint density at radius 1 is 1.13 bits per heavy atom. The maximum absolute atomic E-state index is 12.6. The van der Waals surface area contributed by atoms with E-state index in [4.69, 9.17) is 4.74 Å². The van der Waals surface area contributed by atoms with E-state index < -0.39 is 0 Å². The fourth-order valence-corrected chi connectivity index (χ4v) is 3.99. The fourth-order valence-electron chi connectivity index (χ4n) is 3.99. The molecule has 1 saturated carbocycles. The summed E-state index contributed by atoms with van der Waals surface area (Å²) >= 11 is 0. The van der Waals surface area contributed by atoms with Crippen molar-refractivity contribution >= 4 is 5.91 Å². The molecule has 0 bridgehead atoms. The molecule has 0 radical (unpaired) electrons. The molecule has 126 valence electrons. The van der Waals surface area contributed by atoms with Gasteiger partial charge >= 0.3 is 0 Å². The topological polar surface area (TPSA) is 32.8 Å². The Kier molecular flexibility index (Phi) is 5.55. The van der Waals surface area contributed by atoms with Crippen LogP contribution in [0.15, 0.2) is 30.3 Å². The van der Waals surface area contributed by atoms with Crippen LogP contribution < -0.4 is 4.74 Å². The summed E-state index contributed by atoms with van der Waals surface area (Å²) < 4.78 is 5.64. The van der Waals surface area contributed by atoms with E-state index in [0.717, 1.165) is 12.2 Å². The van der Waals surface area contributed by atoms with Gasteiger partial charge in [-0.2, -0.15) is 0 Å². The molecular formula is C19H28N2O2. The second-order valence-corrected chi connectivity index (χ2v) is 6.77. The Labute approximate surface area is 139 Å². The van der Waals surface area contributed by atoms with Crippen LogP contribution in [0.3, 0.4) is 0 Å². The first-order valence-corrected chi connectivity index (χ1v) is 8.93. The van der Waals surface area contributed by atoms with Gasteiger partial charge in [0.25, 0.3) is 5.91 Å². The summed E-state index contributed by atoms with van der Waals surface area (Å²) in [5.41, 5.74) is 0. The quantitative estimate of drug-likeness (QED) is 0.837. The van der Waals surface area contributed by atoms with Gasteiger partial charge in [-0.05, 0) is 50.9 Å². The lowest BCUT2D eigenvalue weighted by molar-refractivity contribution is -0.136. The molecule has 1 aliphatic carbocycles. The third-order valence-electron chi connectivity index (χ3n) is 5.30. The van der Waals surface area contributed by atoms with Crippen molar-refractivity contribution in [2.24, 2.45) is 0 Å². The molecular weight excluding hydrogens is 288 g/mol. The van der Waals surface area contributed by atoms with Gasteiger partial charge in [0.2, 0.25) is 0 Å². The lowest BCUT2D eigenvalue weighted by Gasteiger charge is -2.42. The number of nitrogens with zero attached hydrogens (tertiary/aromatic N) is 2. The summed E-state index contributed by atoms with van der Waals surface area (Å²) in [7, 11) is 1.95. The zero-order valence-electron chi connectivity index (χ0n) is 14.1. The number of para-hydroxylation sites is 1. The third kappa shape index (κ3) is 4.05. The minimum atomic E-state index is 0.0879. The number of amides is 1. The molecule has 1 heterocycles. The normalized spacial score (nSPS) is 25.3. The SMILES string of the molecule is CN(C(=O)COc1ccccc1)[C@@H]1CCCC[C@@H]1N1CCCC1. The lowest BCUT2D eigenvalue weighted by atomic mass is 9.88. The molecule has 1 amide bonds. The number of ether oxygens (including phenoxy) is 1. The maximum Gasteiger partial charge on any atom is 0.260 e. The van der Waals surface area contributed by atoms with Gasteiger partial charge in [0.05, 0.1) is 0 Å². The number of carbonyl (C=O) groups is 1. The fraction of sp³-hybridized carbons (Fsp3) is 0.632. The smallest absolute Gasteiger partial charge is 0.260 e. The van der Waals surface area contributed by atoms with Crippen molar-refractivity contribution in [3.8, 4) is 5.75 Å². The highest BCUT2D eigenvalue weighted by Gasteiger charge is 2.35. The van der Waals surface area contributed by atoms with Gasteiger partial charge in [-0.3, -0.25) is 9.69 Å². The van der Waals surface area contributed by atoms with Gasteiger partial charge in [0, 0.05) is 19.1 Å². The highest BCUT2D eigenvalue weighted by atomic mass is 16.5. The average molecular weight is 316 g/mol. The van der Waals surface area contributed by atoms with Gasteiger partial charge < -0.3 is 9.64 Å². The molecule has 1 aliphatic heterocycles. The summed E-state index contributed by atoms with van der Waals surface area (Å²) in [5, 5.41) is 0. The van der Waals surface area contributed by atoms with Crippen LogP contribution in [-0.4, -0.2) is 54.5 Å². The van der Waals surface area contributed by atoms with Crippen molar-refractivity contribution in [1.29, 1.82) is 0 Å². The van der Waals surface area contributed by atoms with Crippen LogP contribution in [0.4, 0.5) is 0 Å². The average Bonchev–Trinajstić information content (AvgIpc) is 3.14. The van der Waals surface area contributed by atoms with E-state index in [0.29, 0.717) is 12.1 Å². The van der Waals surface area contributed by atoms with E-state index >= 15 is 0 Å².